The van der Waals surface area contributed by atoms with Crippen LogP contribution in [0.1, 0.15) is 16.4 Å². The second-order valence-electron chi connectivity index (χ2n) is 5.03. The molecule has 0 saturated heterocycles. The molecule has 0 bridgehead atoms. The van der Waals surface area contributed by atoms with Crippen molar-refractivity contribution in [3.05, 3.63) is 108 Å². The van der Waals surface area contributed by atoms with Crippen molar-refractivity contribution in [2.24, 2.45) is 0 Å². The summed E-state index contributed by atoms with van der Waals surface area (Å²) >= 11 is 1.87. The second kappa shape index (κ2) is 7.67. The van der Waals surface area contributed by atoms with Crippen LogP contribution in [0.25, 0.3) is 6.08 Å². The lowest BCUT2D eigenvalue weighted by Gasteiger charge is -2.13. The molecule has 3 aromatic carbocycles. The first-order chi connectivity index (χ1) is 10.9. The van der Waals surface area contributed by atoms with Gasteiger partial charge in [-0.3, -0.25) is 0 Å². The molecule has 0 saturated carbocycles. The summed E-state index contributed by atoms with van der Waals surface area (Å²) in [5.41, 5.74) is 2.56. The summed E-state index contributed by atoms with van der Waals surface area (Å²) in [6, 6.07) is 31.7. The van der Waals surface area contributed by atoms with E-state index in [4.69, 9.17) is 0 Å². The van der Waals surface area contributed by atoms with Gasteiger partial charge in [0.25, 0.3) is 0 Å². The second-order valence-corrected chi connectivity index (χ2v) is 6.25. The summed E-state index contributed by atoms with van der Waals surface area (Å²) < 4.78 is 0. The van der Waals surface area contributed by atoms with Crippen LogP contribution in [0.15, 0.2) is 102 Å². The average molecular weight is 302 g/mol. The molecular formula is C21H18S. The smallest absolute Gasteiger partial charge is 0.0527 e. The van der Waals surface area contributed by atoms with Gasteiger partial charge in [0.05, 0.1) is 5.25 Å². The highest BCUT2D eigenvalue weighted by Crippen LogP contribution is 2.36. The van der Waals surface area contributed by atoms with Gasteiger partial charge in [0, 0.05) is 4.90 Å². The lowest BCUT2D eigenvalue weighted by molar-refractivity contribution is 1.23. The van der Waals surface area contributed by atoms with Gasteiger partial charge in [-0.2, -0.15) is 0 Å². The van der Waals surface area contributed by atoms with Gasteiger partial charge in [0.1, 0.15) is 0 Å². The van der Waals surface area contributed by atoms with E-state index in [0.717, 1.165) is 0 Å². The van der Waals surface area contributed by atoms with Gasteiger partial charge < -0.3 is 0 Å². The summed E-state index contributed by atoms with van der Waals surface area (Å²) in [6.45, 7) is 0. The third-order valence-electron chi connectivity index (χ3n) is 3.40. The van der Waals surface area contributed by atoms with E-state index in [0.29, 0.717) is 5.25 Å². The van der Waals surface area contributed by atoms with Crippen molar-refractivity contribution in [1.82, 2.24) is 0 Å². The molecule has 1 heteroatoms. The predicted molar refractivity (Wildman–Crippen MR) is 97.0 cm³/mol. The van der Waals surface area contributed by atoms with Crippen LogP contribution in [0, 0.1) is 0 Å². The van der Waals surface area contributed by atoms with Crippen molar-refractivity contribution in [3.8, 4) is 0 Å². The zero-order chi connectivity index (χ0) is 15.0. The van der Waals surface area contributed by atoms with Gasteiger partial charge >= 0.3 is 0 Å². The highest BCUT2D eigenvalue weighted by atomic mass is 32.2. The van der Waals surface area contributed by atoms with E-state index < -0.39 is 0 Å². The molecule has 0 radical (unpaired) electrons. The van der Waals surface area contributed by atoms with Crippen molar-refractivity contribution in [2.75, 3.05) is 0 Å². The number of thioether (sulfide) groups is 1. The van der Waals surface area contributed by atoms with E-state index in [-0.39, 0.29) is 0 Å². The Morgan fingerprint density at radius 1 is 0.636 bits per heavy atom. The van der Waals surface area contributed by atoms with Crippen molar-refractivity contribution >= 4 is 17.8 Å². The standard InChI is InChI=1S/C21H18S/c1-4-10-18(11-5-1)16-17-21(19-12-6-2-7-13-19)22-20-14-8-3-9-15-20/h1-17,21H/b17-16+/t21-/m0/s1. The molecule has 0 fully saturated rings. The molecule has 0 amide bonds. The van der Waals surface area contributed by atoms with Crippen LogP contribution < -0.4 is 0 Å². The average Bonchev–Trinajstić information content (AvgIpc) is 2.61. The van der Waals surface area contributed by atoms with Crippen molar-refractivity contribution in [2.45, 2.75) is 10.1 Å². The van der Waals surface area contributed by atoms with Gasteiger partial charge in [-0.25, -0.2) is 0 Å². The van der Waals surface area contributed by atoms with Crippen molar-refractivity contribution < 1.29 is 0 Å². The maximum absolute atomic E-state index is 2.28. The van der Waals surface area contributed by atoms with Crippen LogP contribution in [0.4, 0.5) is 0 Å². The fraction of sp³-hybridized carbons (Fsp3) is 0.0476. The molecule has 0 aliphatic rings. The maximum atomic E-state index is 2.28. The maximum Gasteiger partial charge on any atom is 0.0527 e. The van der Waals surface area contributed by atoms with E-state index in [1.807, 2.05) is 17.8 Å². The molecule has 3 rings (SSSR count). The Morgan fingerprint density at radius 3 is 1.82 bits per heavy atom. The summed E-state index contributed by atoms with van der Waals surface area (Å²) in [5, 5.41) is 0.309. The Labute approximate surface area is 136 Å². The SMILES string of the molecule is C(=C\[C@H](Sc1ccccc1)c1ccccc1)/c1ccccc1. The predicted octanol–water partition coefficient (Wildman–Crippen LogP) is 6.23. The first-order valence-electron chi connectivity index (χ1n) is 7.42. The van der Waals surface area contributed by atoms with E-state index >= 15 is 0 Å². The topological polar surface area (TPSA) is 0 Å². The quantitative estimate of drug-likeness (QED) is 0.503. The van der Waals surface area contributed by atoms with Gasteiger partial charge in [-0.15, -0.1) is 11.8 Å². The zero-order valence-corrected chi connectivity index (χ0v) is 13.1. The van der Waals surface area contributed by atoms with E-state index in [9.17, 15) is 0 Å². The first kappa shape index (κ1) is 14.7. The molecule has 0 spiro atoms. The Morgan fingerprint density at radius 2 is 1.18 bits per heavy atom. The Bertz CT molecular complexity index is 703. The molecule has 0 aliphatic heterocycles. The Kier molecular flexibility index (Phi) is 5.12. The summed E-state index contributed by atoms with van der Waals surface area (Å²) in [7, 11) is 0. The van der Waals surface area contributed by atoms with Crippen LogP contribution in [0.2, 0.25) is 0 Å². The van der Waals surface area contributed by atoms with E-state index in [2.05, 4.69) is 97.1 Å². The summed E-state index contributed by atoms with van der Waals surface area (Å²) in [5.74, 6) is 0. The minimum atomic E-state index is 0.309. The minimum absolute atomic E-state index is 0.309. The number of rotatable bonds is 5. The van der Waals surface area contributed by atoms with Crippen molar-refractivity contribution in [1.29, 1.82) is 0 Å². The fourth-order valence-corrected chi connectivity index (χ4v) is 3.33. The number of benzene rings is 3. The molecule has 108 valence electrons. The molecule has 0 nitrogen and oxygen atoms in total. The van der Waals surface area contributed by atoms with Crippen LogP contribution in [0.5, 0.6) is 0 Å². The van der Waals surface area contributed by atoms with Gasteiger partial charge in [-0.1, -0.05) is 91.0 Å². The zero-order valence-electron chi connectivity index (χ0n) is 12.3. The molecule has 1 atom stereocenters. The minimum Gasteiger partial charge on any atom is -0.114 e. The Hall–Kier alpha value is -2.25. The molecule has 22 heavy (non-hydrogen) atoms. The molecule has 0 heterocycles. The largest absolute Gasteiger partial charge is 0.114 e. The van der Waals surface area contributed by atoms with Crippen LogP contribution in [-0.4, -0.2) is 0 Å². The molecule has 3 aromatic rings. The molecular weight excluding hydrogens is 284 g/mol. The molecule has 0 aliphatic carbocycles. The molecule has 0 N–H and O–H groups in total. The van der Waals surface area contributed by atoms with Crippen LogP contribution in [-0.2, 0) is 0 Å². The van der Waals surface area contributed by atoms with Gasteiger partial charge in [-0.05, 0) is 23.3 Å². The lowest BCUT2D eigenvalue weighted by Crippen LogP contribution is -1.89. The van der Waals surface area contributed by atoms with Crippen LogP contribution >= 0.6 is 11.8 Å². The van der Waals surface area contributed by atoms with Crippen LogP contribution in [0.3, 0.4) is 0 Å². The molecule has 0 aromatic heterocycles. The highest BCUT2D eigenvalue weighted by molar-refractivity contribution is 7.99. The first-order valence-corrected chi connectivity index (χ1v) is 8.30. The number of hydrogen-bond donors (Lipinski definition) is 0. The monoisotopic (exact) mass is 302 g/mol. The Balaban J connectivity index is 1.85. The third kappa shape index (κ3) is 4.12. The normalized spacial score (nSPS) is 12.4. The third-order valence-corrected chi connectivity index (χ3v) is 4.62. The van der Waals surface area contributed by atoms with E-state index in [1.165, 1.54) is 16.0 Å². The highest BCUT2D eigenvalue weighted by Gasteiger charge is 2.09. The van der Waals surface area contributed by atoms with Gasteiger partial charge in [0.15, 0.2) is 0 Å². The lowest BCUT2D eigenvalue weighted by atomic mass is 10.1. The number of hydrogen-bond acceptors (Lipinski definition) is 1. The summed E-state index contributed by atoms with van der Waals surface area (Å²) in [6.07, 6.45) is 4.48. The van der Waals surface area contributed by atoms with Gasteiger partial charge in [0.2, 0.25) is 0 Å². The molecule has 0 unspecified atom stereocenters. The van der Waals surface area contributed by atoms with Crippen molar-refractivity contribution in [3.63, 3.8) is 0 Å². The summed E-state index contributed by atoms with van der Waals surface area (Å²) in [4.78, 5) is 1.29. The van der Waals surface area contributed by atoms with E-state index in [1.54, 1.807) is 0 Å². The fourth-order valence-electron chi connectivity index (χ4n) is 2.27.